The molecule has 1 N–H and O–H groups in total. The maximum Gasteiger partial charge on any atom is 0.417 e. The summed E-state index contributed by atoms with van der Waals surface area (Å²) in [5, 5.41) is 13.3. The summed E-state index contributed by atoms with van der Waals surface area (Å²) in [5.74, 6) is 0.383. The van der Waals surface area contributed by atoms with Crippen molar-refractivity contribution in [2.24, 2.45) is 0 Å². The largest absolute Gasteiger partial charge is 0.417 e. The van der Waals surface area contributed by atoms with Gasteiger partial charge >= 0.3 is 6.09 Å². The lowest BCUT2D eigenvalue weighted by Gasteiger charge is -2.11. The number of nitro groups is 1. The molecule has 0 heterocycles. The molecule has 0 aromatic heterocycles. The summed E-state index contributed by atoms with van der Waals surface area (Å²) in [7, 11) is 0. The number of hydrogen-bond acceptors (Lipinski definition) is 4. The molecule has 0 spiro atoms. The number of anilines is 1. The van der Waals surface area contributed by atoms with Crippen LogP contribution in [0.4, 0.5) is 16.2 Å². The van der Waals surface area contributed by atoms with E-state index in [1.165, 1.54) is 12.1 Å². The van der Waals surface area contributed by atoms with Gasteiger partial charge in [-0.3, -0.25) is 15.4 Å². The first-order valence-corrected chi connectivity index (χ1v) is 7.58. The Morgan fingerprint density at radius 3 is 2.43 bits per heavy atom. The Bertz CT molecular complexity index is 790. The van der Waals surface area contributed by atoms with Gasteiger partial charge in [0.2, 0.25) is 0 Å². The van der Waals surface area contributed by atoms with Gasteiger partial charge in [0, 0.05) is 12.1 Å². The van der Waals surface area contributed by atoms with E-state index in [9.17, 15) is 14.9 Å². The van der Waals surface area contributed by atoms with Crippen molar-refractivity contribution in [3.05, 3.63) is 61.6 Å². The van der Waals surface area contributed by atoms with Gasteiger partial charge in [-0.2, -0.15) is 0 Å². The number of nitro benzene ring substituents is 1. The van der Waals surface area contributed by atoms with E-state index in [-0.39, 0.29) is 5.69 Å². The summed E-state index contributed by atoms with van der Waals surface area (Å²) in [4.78, 5) is 22.3. The van der Waals surface area contributed by atoms with E-state index in [1.807, 2.05) is 19.9 Å². The number of amides is 1. The third-order valence-corrected chi connectivity index (χ3v) is 4.04. The maximum absolute atomic E-state index is 12.0. The smallest absolute Gasteiger partial charge is 0.409 e. The molecule has 0 fully saturated rings. The van der Waals surface area contributed by atoms with E-state index in [1.54, 1.807) is 19.1 Å². The second-order valence-corrected chi connectivity index (χ2v) is 5.99. The quantitative estimate of drug-likeness (QED) is 0.608. The van der Waals surface area contributed by atoms with Crippen LogP contribution < -0.4 is 10.1 Å². The summed E-state index contributed by atoms with van der Waals surface area (Å²) in [6, 6.07) is 7.85. The fourth-order valence-electron chi connectivity index (χ4n) is 1.93. The van der Waals surface area contributed by atoms with Gasteiger partial charge in [0.1, 0.15) is 5.75 Å². The van der Waals surface area contributed by atoms with Crippen molar-refractivity contribution in [3.63, 3.8) is 0 Å². The van der Waals surface area contributed by atoms with Crippen molar-refractivity contribution >= 4 is 33.4 Å². The van der Waals surface area contributed by atoms with Gasteiger partial charge in [-0.05, 0) is 65.5 Å². The Hall–Kier alpha value is -2.41. The number of carbonyl (C=O) groups is 1. The molecule has 2 rings (SSSR count). The zero-order valence-corrected chi connectivity index (χ0v) is 14.4. The number of nitrogens with zero attached hydrogens (tertiary/aromatic N) is 1. The van der Waals surface area contributed by atoms with Crippen molar-refractivity contribution in [3.8, 4) is 5.75 Å². The predicted octanol–water partition coefficient (Wildman–Crippen LogP) is 4.89. The molecular formula is C16H15BrN2O4. The lowest BCUT2D eigenvalue weighted by Crippen LogP contribution is -2.18. The SMILES string of the molecule is Cc1cc(Br)c(OC(=O)Nc2cc([N+](=O)[O-])ccc2C)cc1C. The molecule has 120 valence electrons. The van der Waals surface area contributed by atoms with Crippen LogP contribution >= 0.6 is 15.9 Å². The van der Waals surface area contributed by atoms with Gasteiger partial charge in [0.05, 0.1) is 15.1 Å². The lowest BCUT2D eigenvalue weighted by atomic mass is 10.1. The molecule has 2 aromatic carbocycles. The van der Waals surface area contributed by atoms with Crippen molar-refractivity contribution in [1.29, 1.82) is 0 Å². The van der Waals surface area contributed by atoms with Crippen LogP contribution in [-0.2, 0) is 0 Å². The molecule has 0 saturated heterocycles. The number of ether oxygens (including phenoxy) is 1. The van der Waals surface area contributed by atoms with E-state index in [0.717, 1.165) is 11.1 Å². The number of benzene rings is 2. The first-order valence-electron chi connectivity index (χ1n) is 6.78. The highest BCUT2D eigenvalue weighted by Gasteiger charge is 2.14. The predicted molar refractivity (Wildman–Crippen MR) is 91.1 cm³/mol. The third kappa shape index (κ3) is 4.07. The minimum absolute atomic E-state index is 0.0988. The fraction of sp³-hybridized carbons (Fsp3) is 0.188. The van der Waals surface area contributed by atoms with Crippen LogP contribution in [0.2, 0.25) is 0 Å². The molecule has 0 bridgehead atoms. The van der Waals surface area contributed by atoms with Crippen LogP contribution in [0.1, 0.15) is 16.7 Å². The maximum atomic E-state index is 12.0. The highest BCUT2D eigenvalue weighted by molar-refractivity contribution is 9.10. The molecule has 1 amide bonds. The van der Waals surface area contributed by atoms with E-state index in [2.05, 4.69) is 21.2 Å². The molecule has 0 saturated carbocycles. The monoisotopic (exact) mass is 378 g/mol. The second-order valence-electron chi connectivity index (χ2n) is 5.14. The molecule has 0 radical (unpaired) electrons. The Balaban J connectivity index is 2.19. The second kappa shape index (κ2) is 6.78. The number of non-ortho nitro benzene ring substituents is 1. The van der Waals surface area contributed by atoms with Crippen LogP contribution in [0.5, 0.6) is 5.75 Å². The van der Waals surface area contributed by atoms with Gasteiger partial charge in [0.15, 0.2) is 0 Å². The minimum atomic E-state index is -0.711. The minimum Gasteiger partial charge on any atom is -0.409 e. The average Bonchev–Trinajstić information content (AvgIpc) is 2.46. The number of halogens is 1. The van der Waals surface area contributed by atoms with Crippen molar-refractivity contribution in [2.75, 3.05) is 5.32 Å². The molecule has 0 aliphatic rings. The third-order valence-electron chi connectivity index (χ3n) is 3.42. The Kier molecular flexibility index (Phi) is 5.00. The van der Waals surface area contributed by atoms with Crippen LogP contribution in [0.3, 0.4) is 0 Å². The number of carbonyl (C=O) groups excluding carboxylic acids is 1. The van der Waals surface area contributed by atoms with E-state index in [0.29, 0.717) is 21.5 Å². The van der Waals surface area contributed by atoms with Crippen LogP contribution in [0, 0.1) is 30.9 Å². The highest BCUT2D eigenvalue weighted by Crippen LogP contribution is 2.29. The Morgan fingerprint density at radius 1 is 1.13 bits per heavy atom. The van der Waals surface area contributed by atoms with Gasteiger partial charge in [-0.1, -0.05) is 6.07 Å². The molecule has 23 heavy (non-hydrogen) atoms. The topological polar surface area (TPSA) is 81.5 Å². The van der Waals surface area contributed by atoms with Crippen LogP contribution in [-0.4, -0.2) is 11.0 Å². The lowest BCUT2D eigenvalue weighted by molar-refractivity contribution is -0.384. The molecule has 0 unspecified atom stereocenters. The summed E-state index contributed by atoms with van der Waals surface area (Å²) in [6.07, 6.45) is -0.711. The molecular weight excluding hydrogens is 364 g/mol. The van der Waals surface area contributed by atoms with Crippen molar-refractivity contribution in [1.82, 2.24) is 0 Å². The Morgan fingerprint density at radius 2 is 1.78 bits per heavy atom. The fourth-order valence-corrected chi connectivity index (χ4v) is 2.47. The first-order chi connectivity index (χ1) is 10.8. The van der Waals surface area contributed by atoms with Gasteiger partial charge in [-0.15, -0.1) is 0 Å². The number of nitrogens with one attached hydrogen (secondary N) is 1. The number of rotatable bonds is 3. The zero-order valence-electron chi connectivity index (χ0n) is 12.8. The molecule has 0 atom stereocenters. The van der Waals surface area contributed by atoms with E-state index >= 15 is 0 Å². The number of hydrogen-bond donors (Lipinski definition) is 1. The summed E-state index contributed by atoms with van der Waals surface area (Å²) in [5.41, 5.74) is 3.00. The van der Waals surface area contributed by atoms with Crippen LogP contribution in [0.25, 0.3) is 0 Å². The molecule has 0 aliphatic heterocycles. The van der Waals surface area contributed by atoms with Crippen molar-refractivity contribution in [2.45, 2.75) is 20.8 Å². The highest BCUT2D eigenvalue weighted by atomic mass is 79.9. The summed E-state index contributed by atoms with van der Waals surface area (Å²) < 4.78 is 5.93. The first kappa shape index (κ1) is 17.0. The molecule has 2 aromatic rings. The van der Waals surface area contributed by atoms with E-state index in [4.69, 9.17) is 4.74 Å². The Labute approximate surface area is 141 Å². The van der Waals surface area contributed by atoms with Gasteiger partial charge < -0.3 is 4.74 Å². The number of aryl methyl sites for hydroxylation is 3. The van der Waals surface area contributed by atoms with Gasteiger partial charge in [0.25, 0.3) is 5.69 Å². The summed E-state index contributed by atoms with van der Waals surface area (Å²) >= 11 is 3.35. The van der Waals surface area contributed by atoms with Gasteiger partial charge in [-0.25, -0.2) is 4.79 Å². The summed E-state index contributed by atoms with van der Waals surface area (Å²) in [6.45, 7) is 5.61. The molecule has 6 nitrogen and oxygen atoms in total. The molecule has 0 aliphatic carbocycles. The van der Waals surface area contributed by atoms with Crippen molar-refractivity contribution < 1.29 is 14.5 Å². The standard InChI is InChI=1S/C16H15BrN2O4/c1-9-4-5-12(19(21)22)8-14(9)18-16(20)23-15-7-11(3)10(2)6-13(15)17/h4-8H,1-3H3,(H,18,20). The molecule has 7 heteroatoms. The average molecular weight is 379 g/mol. The normalized spacial score (nSPS) is 10.3. The zero-order chi connectivity index (χ0) is 17.1. The van der Waals surface area contributed by atoms with E-state index < -0.39 is 11.0 Å². The van der Waals surface area contributed by atoms with Crippen LogP contribution in [0.15, 0.2) is 34.8 Å².